The number of carbonyl (C=O) groups is 1. The second kappa shape index (κ2) is 5.35. The van der Waals surface area contributed by atoms with Crippen LogP contribution in [0.5, 0.6) is 0 Å². The highest BCUT2D eigenvalue weighted by Crippen LogP contribution is 2.11. The molecular weight excluding hydrogens is 218 g/mol. The van der Waals surface area contributed by atoms with Crippen molar-refractivity contribution in [3.8, 4) is 0 Å². The van der Waals surface area contributed by atoms with Gasteiger partial charge in [0.2, 0.25) is 11.9 Å². The molecule has 0 saturated carbocycles. The first kappa shape index (κ1) is 11.5. The Balaban J connectivity index is 2.40. The number of nitrogens with zero attached hydrogens (tertiary/aromatic N) is 2. The zero-order chi connectivity index (χ0) is 11.3. The van der Waals surface area contributed by atoms with Crippen LogP contribution in [0.3, 0.4) is 0 Å². The van der Waals surface area contributed by atoms with Gasteiger partial charge in [0.05, 0.1) is 0 Å². The van der Waals surface area contributed by atoms with Crippen LogP contribution in [0, 0.1) is 0 Å². The maximum atomic E-state index is 10.6. The predicted octanol–water partition coefficient (Wildman–Crippen LogP) is 0.260. The summed E-state index contributed by atoms with van der Waals surface area (Å²) in [5.74, 6) is 0.583. The van der Waals surface area contributed by atoms with Gasteiger partial charge in [-0.25, -0.2) is 4.98 Å². The molecule has 0 saturated heterocycles. The minimum atomic E-state index is -0.0722. The molecule has 7 heteroatoms. The van der Waals surface area contributed by atoms with Crippen molar-refractivity contribution in [3.63, 3.8) is 0 Å². The first-order chi connectivity index (χ1) is 7.08. The largest absolute Gasteiger partial charge is 0.368 e. The fraction of sp³-hybridized carbons (Fsp3) is 0.375. The average molecular weight is 230 g/mol. The molecule has 1 rings (SSSR count). The van der Waals surface area contributed by atoms with E-state index < -0.39 is 0 Å². The van der Waals surface area contributed by atoms with Crippen molar-refractivity contribution in [1.82, 2.24) is 15.3 Å². The Kier molecular flexibility index (Phi) is 4.11. The van der Waals surface area contributed by atoms with Gasteiger partial charge in [-0.3, -0.25) is 4.79 Å². The van der Waals surface area contributed by atoms with E-state index in [9.17, 15) is 4.79 Å². The van der Waals surface area contributed by atoms with Gasteiger partial charge in [0.1, 0.15) is 11.0 Å². The average Bonchev–Trinajstić information content (AvgIpc) is 2.10. The Morgan fingerprint density at radius 2 is 2.27 bits per heavy atom. The lowest BCUT2D eigenvalue weighted by atomic mass is 10.5. The third-order valence-corrected chi connectivity index (χ3v) is 1.71. The van der Waals surface area contributed by atoms with E-state index in [-0.39, 0.29) is 17.0 Å². The van der Waals surface area contributed by atoms with Gasteiger partial charge in [-0.05, 0) is 0 Å². The summed E-state index contributed by atoms with van der Waals surface area (Å²) in [5.41, 5.74) is 5.40. The molecule has 0 bridgehead atoms. The number of nitrogen functional groups attached to an aromatic ring is 1. The predicted molar refractivity (Wildman–Crippen MR) is 58.6 cm³/mol. The summed E-state index contributed by atoms with van der Waals surface area (Å²) in [4.78, 5) is 18.2. The molecule has 0 aliphatic heterocycles. The fourth-order valence-electron chi connectivity index (χ4n) is 0.955. The standard InChI is InChI=1S/C8H12ClN5O/c1-5(15)11-2-3-12-7-4-6(9)13-8(10)14-7/h4H,2-3H2,1H3,(H,11,15)(H3,10,12,13,14). The summed E-state index contributed by atoms with van der Waals surface area (Å²) in [6, 6.07) is 1.56. The SMILES string of the molecule is CC(=O)NCCNc1cc(Cl)nc(N)n1. The summed E-state index contributed by atoms with van der Waals surface area (Å²) in [5, 5.41) is 5.87. The van der Waals surface area contributed by atoms with Crippen LogP contribution in [0.2, 0.25) is 5.15 Å². The van der Waals surface area contributed by atoms with E-state index in [0.717, 1.165) is 0 Å². The number of aromatic nitrogens is 2. The lowest BCUT2D eigenvalue weighted by Crippen LogP contribution is -2.26. The number of nitrogens with two attached hydrogens (primary N) is 1. The van der Waals surface area contributed by atoms with E-state index in [1.54, 1.807) is 6.07 Å². The molecule has 0 atom stereocenters. The number of rotatable bonds is 4. The quantitative estimate of drug-likeness (QED) is 0.509. The highest BCUT2D eigenvalue weighted by atomic mass is 35.5. The summed E-state index contributed by atoms with van der Waals surface area (Å²) in [6.07, 6.45) is 0. The molecule has 0 aromatic carbocycles. The van der Waals surface area contributed by atoms with E-state index in [1.165, 1.54) is 6.92 Å². The molecule has 1 amide bonds. The van der Waals surface area contributed by atoms with Crippen molar-refractivity contribution in [2.75, 3.05) is 24.1 Å². The van der Waals surface area contributed by atoms with Crippen molar-refractivity contribution >= 4 is 29.3 Å². The maximum Gasteiger partial charge on any atom is 0.223 e. The Labute approximate surface area is 92.2 Å². The van der Waals surface area contributed by atoms with E-state index >= 15 is 0 Å². The zero-order valence-electron chi connectivity index (χ0n) is 8.25. The third kappa shape index (κ3) is 4.46. The molecule has 0 fully saturated rings. The number of halogens is 1. The van der Waals surface area contributed by atoms with Crippen molar-refractivity contribution < 1.29 is 4.79 Å². The molecular formula is C8H12ClN5O. The molecule has 0 spiro atoms. The van der Waals surface area contributed by atoms with E-state index in [0.29, 0.717) is 18.9 Å². The zero-order valence-corrected chi connectivity index (χ0v) is 9.01. The number of nitrogens with one attached hydrogen (secondary N) is 2. The maximum absolute atomic E-state index is 10.6. The number of carbonyl (C=O) groups excluding carboxylic acids is 1. The molecule has 4 N–H and O–H groups in total. The van der Waals surface area contributed by atoms with Crippen LogP contribution in [0.15, 0.2) is 6.07 Å². The first-order valence-corrected chi connectivity index (χ1v) is 4.74. The van der Waals surface area contributed by atoms with Gasteiger partial charge in [0, 0.05) is 26.1 Å². The van der Waals surface area contributed by atoms with Gasteiger partial charge in [-0.15, -0.1) is 0 Å². The monoisotopic (exact) mass is 229 g/mol. The second-order valence-corrected chi connectivity index (χ2v) is 3.23. The highest BCUT2D eigenvalue weighted by Gasteiger charge is 1.99. The smallest absolute Gasteiger partial charge is 0.223 e. The number of hydrogen-bond acceptors (Lipinski definition) is 5. The molecule has 82 valence electrons. The Morgan fingerprint density at radius 1 is 1.53 bits per heavy atom. The molecule has 1 aromatic heterocycles. The Morgan fingerprint density at radius 3 is 2.87 bits per heavy atom. The Bertz CT molecular complexity index is 337. The minimum Gasteiger partial charge on any atom is -0.368 e. The van der Waals surface area contributed by atoms with E-state index in [1.807, 2.05) is 0 Å². The number of amides is 1. The third-order valence-electron chi connectivity index (χ3n) is 1.52. The molecule has 0 unspecified atom stereocenters. The molecule has 6 nitrogen and oxygen atoms in total. The van der Waals surface area contributed by atoms with Gasteiger partial charge < -0.3 is 16.4 Å². The summed E-state index contributed by atoms with van der Waals surface area (Å²) >= 11 is 5.67. The van der Waals surface area contributed by atoms with Crippen LogP contribution in [0.1, 0.15) is 6.92 Å². The van der Waals surface area contributed by atoms with Gasteiger partial charge >= 0.3 is 0 Å². The molecule has 0 aliphatic carbocycles. The topological polar surface area (TPSA) is 92.9 Å². The molecule has 0 aliphatic rings. The lowest BCUT2D eigenvalue weighted by Gasteiger charge is -2.06. The van der Waals surface area contributed by atoms with Gasteiger partial charge in [0.15, 0.2) is 0 Å². The van der Waals surface area contributed by atoms with Crippen LogP contribution in [0.4, 0.5) is 11.8 Å². The second-order valence-electron chi connectivity index (χ2n) is 2.84. The lowest BCUT2D eigenvalue weighted by molar-refractivity contribution is -0.118. The molecule has 1 aromatic rings. The Hall–Kier alpha value is -1.56. The van der Waals surface area contributed by atoms with Gasteiger partial charge in [-0.1, -0.05) is 11.6 Å². The van der Waals surface area contributed by atoms with Gasteiger partial charge in [0.25, 0.3) is 0 Å². The van der Waals surface area contributed by atoms with E-state index in [4.69, 9.17) is 17.3 Å². The van der Waals surface area contributed by atoms with Crippen LogP contribution >= 0.6 is 11.6 Å². The minimum absolute atomic E-state index is 0.0722. The van der Waals surface area contributed by atoms with E-state index in [2.05, 4.69) is 20.6 Å². The summed E-state index contributed by atoms with van der Waals surface area (Å²) in [6.45, 7) is 2.52. The van der Waals surface area contributed by atoms with Gasteiger partial charge in [-0.2, -0.15) is 4.98 Å². The van der Waals surface area contributed by atoms with Crippen LogP contribution < -0.4 is 16.4 Å². The molecule has 1 heterocycles. The summed E-state index contributed by atoms with van der Waals surface area (Å²) in [7, 11) is 0. The highest BCUT2D eigenvalue weighted by molar-refractivity contribution is 6.29. The van der Waals surface area contributed by atoms with Crippen LogP contribution in [-0.4, -0.2) is 29.0 Å². The molecule has 15 heavy (non-hydrogen) atoms. The molecule has 0 radical (unpaired) electrons. The first-order valence-electron chi connectivity index (χ1n) is 4.36. The van der Waals surface area contributed by atoms with Crippen LogP contribution in [-0.2, 0) is 4.79 Å². The van der Waals surface area contributed by atoms with Crippen molar-refractivity contribution in [2.24, 2.45) is 0 Å². The van der Waals surface area contributed by atoms with Crippen molar-refractivity contribution in [1.29, 1.82) is 0 Å². The fourth-order valence-corrected chi connectivity index (χ4v) is 1.14. The van der Waals surface area contributed by atoms with Crippen molar-refractivity contribution in [2.45, 2.75) is 6.92 Å². The summed E-state index contributed by atoms with van der Waals surface area (Å²) < 4.78 is 0. The number of anilines is 2. The number of hydrogen-bond donors (Lipinski definition) is 3. The van der Waals surface area contributed by atoms with Crippen molar-refractivity contribution in [3.05, 3.63) is 11.2 Å². The van der Waals surface area contributed by atoms with Crippen LogP contribution in [0.25, 0.3) is 0 Å². The normalized spacial score (nSPS) is 9.73.